The third-order valence-electron chi connectivity index (χ3n) is 2.57. The predicted molar refractivity (Wildman–Crippen MR) is 54.9 cm³/mol. The van der Waals surface area contributed by atoms with Crippen molar-refractivity contribution in [1.29, 1.82) is 0 Å². The van der Waals surface area contributed by atoms with Crippen LogP contribution in [-0.4, -0.2) is 36.3 Å². The number of hydrogen-bond donors (Lipinski definition) is 0. The molecule has 15 heavy (non-hydrogen) atoms. The van der Waals surface area contributed by atoms with Crippen LogP contribution >= 0.6 is 0 Å². The standard InChI is InChI=1S/C11H15NO3/c1-12-5-2-3-10(12)11(13)8-15-9-4-6-14-7-9/h2-3,5,9H,4,6-8H2,1H3. The van der Waals surface area contributed by atoms with Gasteiger partial charge in [0.2, 0.25) is 5.78 Å². The molecule has 4 heteroatoms. The van der Waals surface area contributed by atoms with Crippen LogP contribution in [0.4, 0.5) is 0 Å². The van der Waals surface area contributed by atoms with E-state index >= 15 is 0 Å². The first kappa shape index (κ1) is 10.4. The molecule has 0 spiro atoms. The van der Waals surface area contributed by atoms with Crippen LogP contribution in [-0.2, 0) is 16.5 Å². The Bertz CT molecular complexity index is 339. The van der Waals surface area contributed by atoms with Gasteiger partial charge in [-0.05, 0) is 18.6 Å². The summed E-state index contributed by atoms with van der Waals surface area (Å²) in [7, 11) is 1.85. The van der Waals surface area contributed by atoms with Crippen LogP contribution in [0.5, 0.6) is 0 Å². The number of aryl methyl sites for hydroxylation is 1. The lowest BCUT2D eigenvalue weighted by Gasteiger charge is -2.09. The van der Waals surface area contributed by atoms with E-state index in [-0.39, 0.29) is 18.5 Å². The summed E-state index contributed by atoms with van der Waals surface area (Å²) in [6, 6.07) is 3.66. The Morgan fingerprint density at radius 1 is 1.73 bits per heavy atom. The maximum Gasteiger partial charge on any atom is 0.204 e. The van der Waals surface area contributed by atoms with Crippen LogP contribution in [0.25, 0.3) is 0 Å². The number of nitrogens with zero attached hydrogens (tertiary/aromatic N) is 1. The van der Waals surface area contributed by atoms with Gasteiger partial charge in [-0.1, -0.05) is 0 Å². The highest BCUT2D eigenvalue weighted by molar-refractivity contribution is 5.95. The van der Waals surface area contributed by atoms with Crippen molar-refractivity contribution in [2.24, 2.45) is 7.05 Å². The van der Waals surface area contributed by atoms with Crippen molar-refractivity contribution in [1.82, 2.24) is 4.57 Å². The van der Waals surface area contributed by atoms with Gasteiger partial charge in [-0.25, -0.2) is 0 Å². The third kappa shape index (κ3) is 2.46. The van der Waals surface area contributed by atoms with Crippen LogP contribution in [0, 0.1) is 0 Å². The molecule has 0 saturated carbocycles. The number of rotatable bonds is 4. The molecule has 1 unspecified atom stereocenters. The number of ether oxygens (including phenoxy) is 2. The first-order valence-corrected chi connectivity index (χ1v) is 5.11. The Labute approximate surface area is 88.8 Å². The normalized spacial score (nSPS) is 20.7. The number of Topliss-reactive ketones (excluding diaryl/α,β-unsaturated/α-hetero) is 1. The molecule has 1 atom stereocenters. The van der Waals surface area contributed by atoms with Gasteiger partial charge in [0.15, 0.2) is 0 Å². The molecule has 0 amide bonds. The van der Waals surface area contributed by atoms with E-state index in [2.05, 4.69) is 0 Å². The zero-order chi connectivity index (χ0) is 10.7. The maximum atomic E-state index is 11.7. The second-order valence-corrected chi connectivity index (χ2v) is 3.72. The van der Waals surface area contributed by atoms with Crippen molar-refractivity contribution in [3.05, 3.63) is 24.0 Å². The SMILES string of the molecule is Cn1cccc1C(=O)COC1CCOC1. The highest BCUT2D eigenvalue weighted by Gasteiger charge is 2.18. The second kappa shape index (κ2) is 4.59. The largest absolute Gasteiger partial charge is 0.379 e. The number of aromatic nitrogens is 1. The molecule has 1 aromatic heterocycles. The molecule has 0 aliphatic carbocycles. The van der Waals surface area contributed by atoms with Gasteiger partial charge in [-0.3, -0.25) is 4.79 Å². The minimum absolute atomic E-state index is 0.0226. The monoisotopic (exact) mass is 209 g/mol. The molecule has 4 nitrogen and oxygen atoms in total. The van der Waals surface area contributed by atoms with E-state index in [0.29, 0.717) is 12.3 Å². The minimum Gasteiger partial charge on any atom is -0.379 e. The van der Waals surface area contributed by atoms with Gasteiger partial charge in [0.05, 0.1) is 18.4 Å². The topological polar surface area (TPSA) is 40.5 Å². The molecule has 2 heterocycles. The summed E-state index contributed by atoms with van der Waals surface area (Å²) >= 11 is 0. The van der Waals surface area contributed by atoms with E-state index < -0.39 is 0 Å². The zero-order valence-corrected chi connectivity index (χ0v) is 8.81. The van der Waals surface area contributed by atoms with E-state index in [4.69, 9.17) is 9.47 Å². The first-order chi connectivity index (χ1) is 7.27. The van der Waals surface area contributed by atoms with Crippen LogP contribution in [0.1, 0.15) is 16.9 Å². The fourth-order valence-electron chi connectivity index (χ4n) is 1.66. The first-order valence-electron chi connectivity index (χ1n) is 5.11. The molecular weight excluding hydrogens is 194 g/mol. The highest BCUT2D eigenvalue weighted by atomic mass is 16.5. The Kier molecular flexibility index (Phi) is 3.18. The van der Waals surface area contributed by atoms with Gasteiger partial charge >= 0.3 is 0 Å². The van der Waals surface area contributed by atoms with Gasteiger partial charge in [0, 0.05) is 19.9 Å². The fourth-order valence-corrected chi connectivity index (χ4v) is 1.66. The summed E-state index contributed by atoms with van der Waals surface area (Å²) in [5.41, 5.74) is 0.689. The minimum atomic E-state index is 0.0226. The molecule has 2 rings (SSSR count). The summed E-state index contributed by atoms with van der Waals surface area (Å²) in [5.74, 6) is 0.0226. The van der Waals surface area contributed by atoms with Crippen molar-refractivity contribution in [3.63, 3.8) is 0 Å². The predicted octanol–water partition coefficient (Wildman–Crippen LogP) is 1.01. The summed E-state index contributed by atoms with van der Waals surface area (Å²) in [6.07, 6.45) is 2.83. The Balaban J connectivity index is 1.84. The second-order valence-electron chi connectivity index (χ2n) is 3.72. The van der Waals surface area contributed by atoms with Crippen LogP contribution in [0.2, 0.25) is 0 Å². The number of ketones is 1. The van der Waals surface area contributed by atoms with E-state index in [1.54, 1.807) is 10.6 Å². The molecule has 1 fully saturated rings. The fraction of sp³-hybridized carbons (Fsp3) is 0.545. The van der Waals surface area contributed by atoms with Gasteiger partial charge in [-0.15, -0.1) is 0 Å². The van der Waals surface area contributed by atoms with Crippen molar-refractivity contribution in [2.75, 3.05) is 19.8 Å². The lowest BCUT2D eigenvalue weighted by molar-refractivity contribution is 0.0385. The summed E-state index contributed by atoms with van der Waals surface area (Å²) in [6.45, 7) is 1.50. The lowest BCUT2D eigenvalue weighted by atomic mass is 10.3. The molecule has 0 N–H and O–H groups in total. The van der Waals surface area contributed by atoms with Gasteiger partial charge in [0.1, 0.15) is 6.61 Å². The summed E-state index contributed by atoms with van der Waals surface area (Å²) < 4.78 is 12.4. The van der Waals surface area contributed by atoms with Gasteiger partial charge < -0.3 is 14.0 Å². The van der Waals surface area contributed by atoms with E-state index in [1.165, 1.54) is 0 Å². The number of carbonyl (C=O) groups is 1. The molecular formula is C11H15NO3. The van der Waals surface area contributed by atoms with Crippen molar-refractivity contribution in [3.8, 4) is 0 Å². The van der Waals surface area contributed by atoms with Gasteiger partial charge in [0.25, 0.3) is 0 Å². The molecule has 82 valence electrons. The third-order valence-corrected chi connectivity index (χ3v) is 2.57. The molecule has 1 aliphatic rings. The zero-order valence-electron chi connectivity index (χ0n) is 8.81. The van der Waals surface area contributed by atoms with Gasteiger partial charge in [-0.2, -0.15) is 0 Å². The van der Waals surface area contributed by atoms with E-state index in [1.807, 2.05) is 19.3 Å². The Morgan fingerprint density at radius 3 is 3.20 bits per heavy atom. The average molecular weight is 209 g/mol. The summed E-state index contributed by atoms with van der Waals surface area (Å²) in [4.78, 5) is 11.7. The van der Waals surface area contributed by atoms with Crippen molar-refractivity contribution in [2.45, 2.75) is 12.5 Å². The van der Waals surface area contributed by atoms with E-state index in [9.17, 15) is 4.79 Å². The van der Waals surface area contributed by atoms with Crippen molar-refractivity contribution < 1.29 is 14.3 Å². The Morgan fingerprint density at radius 2 is 2.60 bits per heavy atom. The molecule has 0 bridgehead atoms. The molecule has 1 aromatic rings. The quantitative estimate of drug-likeness (QED) is 0.695. The molecule has 0 aromatic carbocycles. The maximum absolute atomic E-state index is 11.7. The number of carbonyl (C=O) groups excluding carboxylic acids is 1. The van der Waals surface area contributed by atoms with Crippen molar-refractivity contribution >= 4 is 5.78 Å². The van der Waals surface area contributed by atoms with E-state index in [0.717, 1.165) is 13.0 Å². The van der Waals surface area contributed by atoms with Crippen LogP contribution < -0.4 is 0 Å². The molecule has 0 radical (unpaired) electrons. The van der Waals surface area contributed by atoms with Crippen LogP contribution in [0.3, 0.4) is 0 Å². The smallest absolute Gasteiger partial charge is 0.204 e. The highest BCUT2D eigenvalue weighted by Crippen LogP contribution is 2.09. The lowest BCUT2D eigenvalue weighted by Crippen LogP contribution is -2.19. The molecule has 1 saturated heterocycles. The average Bonchev–Trinajstić information content (AvgIpc) is 2.84. The summed E-state index contributed by atoms with van der Waals surface area (Å²) in [5, 5.41) is 0. The molecule has 1 aliphatic heterocycles. The Hall–Kier alpha value is -1.13. The van der Waals surface area contributed by atoms with Crippen LogP contribution in [0.15, 0.2) is 18.3 Å². The number of hydrogen-bond acceptors (Lipinski definition) is 3.